The molecule has 0 saturated carbocycles. The molecule has 0 atom stereocenters. The summed E-state index contributed by atoms with van der Waals surface area (Å²) in [6.07, 6.45) is 5.43. The van der Waals surface area contributed by atoms with E-state index in [9.17, 15) is 4.79 Å². The summed E-state index contributed by atoms with van der Waals surface area (Å²) in [5, 5.41) is 0.687. The van der Waals surface area contributed by atoms with Crippen molar-refractivity contribution in [3.8, 4) is 23.7 Å². The van der Waals surface area contributed by atoms with Crippen LogP contribution in [-0.4, -0.2) is 9.55 Å². The second-order valence-corrected chi connectivity index (χ2v) is 6.06. The minimum Gasteiger partial charge on any atom is -0.280 e. The van der Waals surface area contributed by atoms with E-state index >= 15 is 0 Å². The van der Waals surface area contributed by atoms with Crippen LogP contribution in [-0.2, 0) is 6.54 Å². The molecule has 0 aliphatic carbocycles. The Kier molecular flexibility index (Phi) is 3.36. The van der Waals surface area contributed by atoms with Gasteiger partial charge in [-0.3, -0.25) is 9.36 Å². The number of benzene rings is 1. The van der Waals surface area contributed by atoms with Crippen LogP contribution in [0.4, 0.5) is 0 Å². The molecule has 0 bridgehead atoms. The Morgan fingerprint density at radius 2 is 2.00 bits per heavy atom. The normalized spacial score (nSPS) is 10.7. The molecule has 4 heteroatoms. The van der Waals surface area contributed by atoms with Crippen molar-refractivity contribution in [3.05, 3.63) is 51.1 Å². The minimum atomic E-state index is -0.0568. The first-order chi connectivity index (χ1) is 10.1. The summed E-state index contributed by atoms with van der Waals surface area (Å²) in [6.45, 7) is 4.19. The first-order valence-corrected chi connectivity index (χ1v) is 7.44. The van der Waals surface area contributed by atoms with E-state index in [2.05, 4.69) is 5.92 Å². The Bertz CT molecular complexity index is 914. The second kappa shape index (κ2) is 5.19. The number of fused-ring (bicyclic) bond motifs is 1. The zero-order chi connectivity index (χ0) is 15.0. The maximum atomic E-state index is 12.8. The van der Waals surface area contributed by atoms with Crippen LogP contribution >= 0.6 is 11.3 Å². The van der Waals surface area contributed by atoms with Crippen LogP contribution < -0.4 is 5.56 Å². The molecule has 2 aromatic heterocycles. The monoisotopic (exact) mass is 294 g/mol. The van der Waals surface area contributed by atoms with Gasteiger partial charge in [0.2, 0.25) is 0 Å². The van der Waals surface area contributed by atoms with Crippen LogP contribution in [0.15, 0.2) is 35.1 Å². The molecule has 0 fully saturated rings. The highest BCUT2D eigenvalue weighted by Gasteiger charge is 2.16. The maximum Gasteiger partial charge on any atom is 0.263 e. The fourth-order valence-electron chi connectivity index (χ4n) is 2.37. The van der Waals surface area contributed by atoms with Gasteiger partial charge in [0.15, 0.2) is 0 Å². The lowest BCUT2D eigenvalue weighted by atomic mass is 10.2. The summed E-state index contributed by atoms with van der Waals surface area (Å²) < 4.78 is 1.58. The van der Waals surface area contributed by atoms with E-state index in [4.69, 9.17) is 11.4 Å². The van der Waals surface area contributed by atoms with Crippen LogP contribution in [0.1, 0.15) is 10.4 Å². The molecule has 3 aromatic rings. The first-order valence-electron chi connectivity index (χ1n) is 6.63. The smallest absolute Gasteiger partial charge is 0.263 e. The Hall–Kier alpha value is -2.38. The summed E-state index contributed by atoms with van der Waals surface area (Å²) in [5.41, 5.74) is 1.84. The van der Waals surface area contributed by atoms with Gasteiger partial charge in [-0.15, -0.1) is 17.8 Å². The number of terminal acetylenes is 1. The van der Waals surface area contributed by atoms with Crippen molar-refractivity contribution in [1.29, 1.82) is 0 Å². The molecule has 0 spiro atoms. The van der Waals surface area contributed by atoms with Gasteiger partial charge in [0, 0.05) is 10.4 Å². The van der Waals surface area contributed by atoms with E-state index in [1.807, 2.05) is 44.2 Å². The summed E-state index contributed by atoms with van der Waals surface area (Å²) >= 11 is 1.55. The Balaban J connectivity index is 2.42. The number of aryl methyl sites for hydroxylation is 2. The molecule has 21 heavy (non-hydrogen) atoms. The van der Waals surface area contributed by atoms with Gasteiger partial charge in [0.25, 0.3) is 5.56 Å². The Morgan fingerprint density at radius 1 is 1.29 bits per heavy atom. The second-order valence-electron chi connectivity index (χ2n) is 4.86. The molecule has 2 heterocycles. The number of hydrogen-bond acceptors (Lipinski definition) is 3. The quantitative estimate of drug-likeness (QED) is 0.679. The fraction of sp³-hybridized carbons (Fsp3) is 0.176. The van der Waals surface area contributed by atoms with E-state index in [0.29, 0.717) is 11.2 Å². The highest BCUT2D eigenvalue weighted by atomic mass is 32.1. The third-order valence-electron chi connectivity index (χ3n) is 3.57. The topological polar surface area (TPSA) is 34.9 Å². The molecule has 3 rings (SSSR count). The van der Waals surface area contributed by atoms with Crippen LogP contribution in [0.3, 0.4) is 0 Å². The third kappa shape index (κ3) is 2.16. The molecular weight excluding hydrogens is 280 g/mol. The zero-order valence-corrected chi connectivity index (χ0v) is 12.7. The van der Waals surface area contributed by atoms with Crippen LogP contribution in [0.2, 0.25) is 0 Å². The van der Waals surface area contributed by atoms with E-state index < -0.39 is 0 Å². The van der Waals surface area contributed by atoms with Gasteiger partial charge in [-0.05, 0) is 19.4 Å². The van der Waals surface area contributed by atoms with Crippen LogP contribution in [0, 0.1) is 26.2 Å². The zero-order valence-electron chi connectivity index (χ0n) is 11.9. The number of rotatable bonds is 2. The highest BCUT2D eigenvalue weighted by Crippen LogP contribution is 2.28. The average molecular weight is 294 g/mol. The molecule has 0 aliphatic heterocycles. The number of nitrogens with zero attached hydrogens (tertiary/aromatic N) is 2. The lowest BCUT2D eigenvalue weighted by Gasteiger charge is -2.10. The Labute approximate surface area is 126 Å². The van der Waals surface area contributed by atoms with Crippen molar-refractivity contribution < 1.29 is 0 Å². The van der Waals surface area contributed by atoms with Crippen molar-refractivity contribution in [1.82, 2.24) is 9.55 Å². The molecule has 0 aliphatic rings. The lowest BCUT2D eigenvalue weighted by molar-refractivity contribution is 0.796. The SMILES string of the molecule is C#CCn1c(-c2ccccc2)nc2sc(C)c(C)c2c1=O. The van der Waals surface area contributed by atoms with E-state index in [1.165, 1.54) is 0 Å². The predicted molar refractivity (Wildman–Crippen MR) is 87.6 cm³/mol. The third-order valence-corrected chi connectivity index (χ3v) is 4.67. The lowest BCUT2D eigenvalue weighted by Crippen LogP contribution is -2.23. The Morgan fingerprint density at radius 3 is 2.67 bits per heavy atom. The molecule has 0 N–H and O–H groups in total. The van der Waals surface area contributed by atoms with Crippen LogP contribution in [0.5, 0.6) is 0 Å². The van der Waals surface area contributed by atoms with Gasteiger partial charge in [-0.25, -0.2) is 4.98 Å². The standard InChI is InChI=1S/C17H14N2OS/c1-4-10-19-15(13-8-6-5-7-9-13)18-16-14(17(19)20)11(2)12(3)21-16/h1,5-9H,10H2,2-3H3. The largest absolute Gasteiger partial charge is 0.280 e. The van der Waals surface area contributed by atoms with Crippen LogP contribution in [0.25, 0.3) is 21.6 Å². The molecule has 1 aromatic carbocycles. The minimum absolute atomic E-state index is 0.0568. The average Bonchev–Trinajstić information content (AvgIpc) is 2.78. The molecule has 0 saturated heterocycles. The highest BCUT2D eigenvalue weighted by molar-refractivity contribution is 7.18. The molecular formula is C17H14N2OS. The molecule has 0 unspecified atom stereocenters. The number of thiophene rings is 1. The van der Waals surface area contributed by atoms with E-state index in [1.54, 1.807) is 15.9 Å². The molecule has 0 amide bonds. The fourth-order valence-corrected chi connectivity index (χ4v) is 3.39. The number of hydrogen-bond donors (Lipinski definition) is 0. The number of aromatic nitrogens is 2. The summed E-state index contributed by atoms with van der Waals surface area (Å²) in [4.78, 5) is 19.4. The summed E-state index contributed by atoms with van der Waals surface area (Å²) in [5.74, 6) is 3.18. The predicted octanol–water partition coefficient (Wildman–Crippen LogP) is 3.38. The van der Waals surface area contributed by atoms with Gasteiger partial charge in [-0.1, -0.05) is 36.3 Å². The van der Waals surface area contributed by atoms with Crippen molar-refractivity contribution in [2.45, 2.75) is 20.4 Å². The van der Waals surface area contributed by atoms with Crippen molar-refractivity contribution >= 4 is 21.6 Å². The molecule has 104 valence electrons. The first kappa shape index (κ1) is 13.6. The van der Waals surface area contributed by atoms with Gasteiger partial charge in [0.05, 0.1) is 11.9 Å². The van der Waals surface area contributed by atoms with E-state index in [-0.39, 0.29) is 12.1 Å². The van der Waals surface area contributed by atoms with Crippen molar-refractivity contribution in [2.24, 2.45) is 0 Å². The van der Waals surface area contributed by atoms with Gasteiger partial charge in [-0.2, -0.15) is 0 Å². The van der Waals surface area contributed by atoms with E-state index in [0.717, 1.165) is 20.8 Å². The van der Waals surface area contributed by atoms with Gasteiger partial charge < -0.3 is 0 Å². The molecule has 3 nitrogen and oxygen atoms in total. The maximum absolute atomic E-state index is 12.8. The summed E-state index contributed by atoms with van der Waals surface area (Å²) in [7, 11) is 0. The van der Waals surface area contributed by atoms with Crippen molar-refractivity contribution in [2.75, 3.05) is 0 Å². The van der Waals surface area contributed by atoms with Gasteiger partial charge in [0.1, 0.15) is 10.7 Å². The summed E-state index contributed by atoms with van der Waals surface area (Å²) in [6, 6.07) is 9.67. The van der Waals surface area contributed by atoms with Gasteiger partial charge >= 0.3 is 0 Å². The molecule has 0 radical (unpaired) electrons. The van der Waals surface area contributed by atoms with Crippen molar-refractivity contribution in [3.63, 3.8) is 0 Å².